The molecule has 0 spiro atoms. The molecule has 1 aliphatic carbocycles. The Labute approximate surface area is 132 Å². The number of aromatic nitrogens is 1. The smallest absolute Gasteiger partial charge is 0.407 e. The van der Waals surface area contributed by atoms with E-state index in [-0.39, 0.29) is 18.2 Å². The lowest BCUT2D eigenvalue weighted by Crippen LogP contribution is -2.47. The minimum absolute atomic E-state index is 0.133. The Morgan fingerprint density at radius 2 is 2.05 bits per heavy atom. The third kappa shape index (κ3) is 5.30. The number of carbonyl (C=O) groups is 1. The molecule has 122 valence electrons. The fourth-order valence-corrected chi connectivity index (χ4v) is 2.69. The molecule has 2 N–H and O–H groups in total. The van der Waals surface area contributed by atoms with E-state index >= 15 is 0 Å². The van der Waals surface area contributed by atoms with Crippen LogP contribution in [0.1, 0.15) is 51.3 Å². The Hall–Kier alpha value is -1.62. The molecule has 2 rings (SSSR count). The summed E-state index contributed by atoms with van der Waals surface area (Å²) in [5.41, 5.74) is 1.72. The van der Waals surface area contributed by atoms with Gasteiger partial charge in [0.2, 0.25) is 0 Å². The average Bonchev–Trinajstić information content (AvgIpc) is 2.83. The number of nitrogens with zero attached hydrogens (tertiary/aromatic N) is 1. The number of carbonyl (C=O) groups excluding carboxylic acids is 1. The highest BCUT2D eigenvalue weighted by molar-refractivity contribution is 5.68. The summed E-state index contributed by atoms with van der Waals surface area (Å²) in [6, 6.07) is 4.52. The number of ether oxygens (including phenoxy) is 1. The van der Waals surface area contributed by atoms with E-state index in [0.29, 0.717) is 0 Å². The topological polar surface area (TPSA) is 63.2 Å². The zero-order valence-electron chi connectivity index (χ0n) is 14.0. The number of hydrogen-bond donors (Lipinski definition) is 2. The second kappa shape index (κ2) is 7.09. The molecule has 1 aliphatic rings. The molecule has 2 unspecified atom stereocenters. The summed E-state index contributed by atoms with van der Waals surface area (Å²) in [6.45, 7) is 8.38. The van der Waals surface area contributed by atoms with Crippen molar-refractivity contribution in [3.63, 3.8) is 0 Å². The molecule has 0 aliphatic heterocycles. The van der Waals surface area contributed by atoms with Crippen LogP contribution in [-0.4, -0.2) is 28.8 Å². The van der Waals surface area contributed by atoms with Crippen LogP contribution in [0.2, 0.25) is 0 Å². The lowest BCUT2D eigenvalue weighted by molar-refractivity contribution is 0.0498. The summed E-state index contributed by atoms with van der Waals surface area (Å²) in [5.74, 6) is 0. The van der Waals surface area contributed by atoms with Crippen LogP contribution in [0.5, 0.6) is 0 Å². The van der Waals surface area contributed by atoms with E-state index in [1.165, 1.54) is 0 Å². The van der Waals surface area contributed by atoms with Crippen LogP contribution in [-0.2, 0) is 11.3 Å². The lowest BCUT2D eigenvalue weighted by atomic mass is 10.1. The van der Waals surface area contributed by atoms with Crippen LogP contribution < -0.4 is 10.6 Å². The molecule has 0 aromatic carbocycles. The summed E-state index contributed by atoms with van der Waals surface area (Å²) >= 11 is 0. The maximum absolute atomic E-state index is 11.9. The quantitative estimate of drug-likeness (QED) is 0.898. The molecule has 1 amide bonds. The van der Waals surface area contributed by atoms with Crippen molar-refractivity contribution in [3.8, 4) is 0 Å². The van der Waals surface area contributed by atoms with Gasteiger partial charge in [-0.05, 0) is 58.6 Å². The Kier molecular flexibility index (Phi) is 5.40. The summed E-state index contributed by atoms with van der Waals surface area (Å²) < 4.78 is 5.34. The molecule has 1 aromatic rings. The minimum Gasteiger partial charge on any atom is -0.444 e. The van der Waals surface area contributed by atoms with Gasteiger partial charge < -0.3 is 15.4 Å². The van der Waals surface area contributed by atoms with Gasteiger partial charge in [-0.25, -0.2) is 4.79 Å². The zero-order valence-corrected chi connectivity index (χ0v) is 14.0. The van der Waals surface area contributed by atoms with Crippen LogP contribution in [0.25, 0.3) is 0 Å². The molecule has 0 radical (unpaired) electrons. The number of alkyl carbamates (subject to hydrolysis) is 1. The summed E-state index contributed by atoms with van der Waals surface area (Å²) in [6.07, 6.45) is 4.74. The molecular weight excluding hydrogens is 278 g/mol. The number of pyridine rings is 1. The van der Waals surface area contributed by atoms with Gasteiger partial charge in [0.1, 0.15) is 5.60 Å². The highest BCUT2D eigenvalue weighted by Gasteiger charge is 2.29. The van der Waals surface area contributed by atoms with Gasteiger partial charge >= 0.3 is 6.09 Å². The van der Waals surface area contributed by atoms with Gasteiger partial charge in [-0.1, -0.05) is 6.07 Å². The molecule has 1 fully saturated rings. The predicted octanol–water partition coefficient (Wildman–Crippen LogP) is 2.93. The van der Waals surface area contributed by atoms with Gasteiger partial charge in [-0.2, -0.15) is 0 Å². The van der Waals surface area contributed by atoms with Gasteiger partial charge in [0.15, 0.2) is 0 Å². The van der Waals surface area contributed by atoms with Gasteiger partial charge in [-0.3, -0.25) is 4.98 Å². The van der Waals surface area contributed by atoms with Crippen LogP contribution in [0, 0.1) is 6.92 Å². The third-order valence-electron chi connectivity index (χ3n) is 3.76. The molecule has 2 atom stereocenters. The van der Waals surface area contributed by atoms with Crippen molar-refractivity contribution in [3.05, 3.63) is 29.6 Å². The van der Waals surface area contributed by atoms with E-state index < -0.39 is 5.60 Å². The van der Waals surface area contributed by atoms with Gasteiger partial charge in [0, 0.05) is 30.5 Å². The van der Waals surface area contributed by atoms with Crippen LogP contribution in [0.15, 0.2) is 18.3 Å². The maximum Gasteiger partial charge on any atom is 0.407 e. The Bertz CT molecular complexity index is 494. The van der Waals surface area contributed by atoms with Crippen LogP contribution in [0.4, 0.5) is 4.79 Å². The first-order valence-electron chi connectivity index (χ1n) is 7.98. The Morgan fingerprint density at radius 1 is 1.32 bits per heavy atom. The first kappa shape index (κ1) is 16.7. The van der Waals surface area contributed by atoms with E-state index in [2.05, 4.69) is 21.7 Å². The lowest BCUT2D eigenvalue weighted by Gasteiger charge is -2.25. The largest absolute Gasteiger partial charge is 0.444 e. The minimum atomic E-state index is -0.459. The number of aryl methyl sites for hydroxylation is 1. The second-order valence-corrected chi connectivity index (χ2v) is 6.98. The SMILES string of the molecule is Cc1ccc(CNC2CCCC2NC(=O)OC(C)(C)C)cn1. The monoisotopic (exact) mass is 305 g/mol. The van der Waals surface area contributed by atoms with Gasteiger partial charge in [0.05, 0.1) is 0 Å². The zero-order chi connectivity index (χ0) is 16.2. The molecule has 1 heterocycles. The maximum atomic E-state index is 11.9. The van der Waals surface area contributed by atoms with Crippen LogP contribution >= 0.6 is 0 Å². The highest BCUT2D eigenvalue weighted by atomic mass is 16.6. The fraction of sp³-hybridized carbons (Fsp3) is 0.647. The van der Waals surface area contributed by atoms with Crippen molar-refractivity contribution in [2.75, 3.05) is 0 Å². The molecule has 5 nitrogen and oxygen atoms in total. The Morgan fingerprint density at radius 3 is 2.68 bits per heavy atom. The summed E-state index contributed by atoms with van der Waals surface area (Å²) in [4.78, 5) is 16.2. The van der Waals surface area contributed by atoms with E-state index in [0.717, 1.165) is 37.1 Å². The highest BCUT2D eigenvalue weighted by Crippen LogP contribution is 2.20. The van der Waals surface area contributed by atoms with Gasteiger partial charge in [-0.15, -0.1) is 0 Å². The molecule has 22 heavy (non-hydrogen) atoms. The first-order valence-corrected chi connectivity index (χ1v) is 7.98. The average molecular weight is 305 g/mol. The van der Waals surface area contributed by atoms with Crippen molar-refractivity contribution in [1.29, 1.82) is 0 Å². The van der Waals surface area contributed by atoms with E-state index in [1.54, 1.807) is 0 Å². The third-order valence-corrected chi connectivity index (χ3v) is 3.76. The van der Waals surface area contributed by atoms with Crippen molar-refractivity contribution in [1.82, 2.24) is 15.6 Å². The van der Waals surface area contributed by atoms with E-state index in [4.69, 9.17) is 4.74 Å². The summed E-state index contributed by atoms with van der Waals surface area (Å²) in [5, 5.41) is 6.52. The predicted molar refractivity (Wildman–Crippen MR) is 86.6 cm³/mol. The number of nitrogens with one attached hydrogen (secondary N) is 2. The standard InChI is InChI=1S/C17H27N3O2/c1-12-8-9-13(10-18-12)11-19-14-6-5-7-15(14)20-16(21)22-17(2,3)4/h8-10,14-15,19H,5-7,11H2,1-4H3,(H,20,21). The number of amides is 1. The van der Waals surface area contributed by atoms with Crippen LogP contribution in [0.3, 0.4) is 0 Å². The molecule has 1 saturated carbocycles. The van der Waals surface area contributed by atoms with E-state index in [9.17, 15) is 4.79 Å². The molecule has 0 saturated heterocycles. The second-order valence-electron chi connectivity index (χ2n) is 6.98. The van der Waals surface area contributed by atoms with Crippen molar-refractivity contribution in [2.24, 2.45) is 0 Å². The van der Waals surface area contributed by atoms with E-state index in [1.807, 2.05) is 40.0 Å². The number of hydrogen-bond acceptors (Lipinski definition) is 4. The van der Waals surface area contributed by atoms with Crippen molar-refractivity contribution < 1.29 is 9.53 Å². The number of rotatable bonds is 4. The first-order chi connectivity index (χ1) is 10.3. The molecular formula is C17H27N3O2. The van der Waals surface area contributed by atoms with Gasteiger partial charge in [0.25, 0.3) is 0 Å². The summed E-state index contributed by atoms with van der Waals surface area (Å²) in [7, 11) is 0. The normalized spacial score (nSPS) is 21.6. The fourth-order valence-electron chi connectivity index (χ4n) is 2.69. The Balaban J connectivity index is 1.82. The molecule has 1 aromatic heterocycles. The van der Waals surface area contributed by atoms with Crippen molar-refractivity contribution in [2.45, 2.75) is 71.2 Å². The van der Waals surface area contributed by atoms with Crippen molar-refractivity contribution >= 4 is 6.09 Å². The molecule has 0 bridgehead atoms. The molecule has 5 heteroatoms.